The first kappa shape index (κ1) is 9.57. The van der Waals surface area contributed by atoms with Crippen LogP contribution in [0.25, 0.3) is 0 Å². The van der Waals surface area contributed by atoms with E-state index in [1.54, 1.807) is 6.92 Å². The molecule has 13 heavy (non-hydrogen) atoms. The van der Waals surface area contributed by atoms with Gasteiger partial charge in [-0.15, -0.1) is 0 Å². The van der Waals surface area contributed by atoms with E-state index in [4.69, 9.17) is 4.52 Å². The lowest BCUT2D eigenvalue weighted by Crippen LogP contribution is -2.34. The van der Waals surface area contributed by atoms with Crippen LogP contribution in [0.1, 0.15) is 19.6 Å². The summed E-state index contributed by atoms with van der Waals surface area (Å²) >= 11 is 0. The molecule has 0 radical (unpaired) electrons. The summed E-state index contributed by atoms with van der Waals surface area (Å²) in [6, 6.07) is -0.138. The predicted molar refractivity (Wildman–Crippen MR) is 48.5 cm³/mol. The molecule has 0 saturated heterocycles. The maximum atomic E-state index is 11.2. The molecule has 0 unspecified atom stereocenters. The van der Waals surface area contributed by atoms with Gasteiger partial charge in [0.25, 0.3) is 0 Å². The average molecular weight is 183 g/mol. The Morgan fingerprint density at radius 3 is 2.77 bits per heavy atom. The van der Waals surface area contributed by atoms with Crippen molar-refractivity contribution in [2.75, 3.05) is 5.32 Å². The van der Waals surface area contributed by atoms with Gasteiger partial charge in [-0.3, -0.25) is 0 Å². The van der Waals surface area contributed by atoms with Crippen molar-refractivity contribution in [3.05, 3.63) is 12.0 Å². The summed E-state index contributed by atoms with van der Waals surface area (Å²) in [5.74, 6) is 0.596. The Labute approximate surface area is 76.5 Å². The number of rotatable bonds is 2. The second-order valence-corrected chi connectivity index (χ2v) is 3.05. The molecule has 1 heterocycles. The number of aromatic nitrogens is 1. The molecule has 0 saturated carbocycles. The summed E-state index contributed by atoms with van der Waals surface area (Å²) in [6.07, 6.45) is 1.47. The van der Waals surface area contributed by atoms with E-state index in [1.807, 2.05) is 13.8 Å². The molecule has 0 atom stereocenters. The predicted octanol–water partition coefficient (Wildman–Crippen LogP) is 1.51. The molecule has 72 valence electrons. The average Bonchev–Trinajstić information content (AvgIpc) is 2.34. The zero-order valence-electron chi connectivity index (χ0n) is 7.92. The fraction of sp³-hybridized carbons (Fsp3) is 0.500. The van der Waals surface area contributed by atoms with Crippen LogP contribution in [0.4, 0.5) is 10.5 Å². The lowest BCUT2D eigenvalue weighted by molar-refractivity contribution is 0.250. The highest BCUT2D eigenvalue weighted by molar-refractivity contribution is 5.89. The Morgan fingerprint density at radius 1 is 1.62 bits per heavy atom. The van der Waals surface area contributed by atoms with Gasteiger partial charge >= 0.3 is 6.03 Å². The molecule has 0 bridgehead atoms. The minimum atomic E-state index is -0.249. The van der Waals surface area contributed by atoms with Crippen molar-refractivity contribution in [2.24, 2.45) is 0 Å². The third-order valence-corrected chi connectivity index (χ3v) is 1.42. The van der Waals surface area contributed by atoms with E-state index >= 15 is 0 Å². The van der Waals surface area contributed by atoms with E-state index in [9.17, 15) is 4.79 Å². The van der Waals surface area contributed by atoms with Gasteiger partial charge in [0.05, 0.1) is 6.20 Å². The van der Waals surface area contributed by atoms with Crippen molar-refractivity contribution < 1.29 is 9.32 Å². The number of nitrogens with zero attached hydrogens (tertiary/aromatic N) is 1. The van der Waals surface area contributed by atoms with Crippen molar-refractivity contribution in [3.8, 4) is 0 Å². The Balaban J connectivity index is 2.50. The van der Waals surface area contributed by atoms with E-state index in [1.165, 1.54) is 6.20 Å². The highest BCUT2D eigenvalue weighted by atomic mass is 16.5. The Kier molecular flexibility index (Phi) is 2.89. The third kappa shape index (κ3) is 2.77. The van der Waals surface area contributed by atoms with Gasteiger partial charge in [-0.05, 0) is 20.8 Å². The summed E-state index contributed by atoms with van der Waals surface area (Å²) in [5, 5.41) is 8.84. The minimum absolute atomic E-state index is 0.111. The number of urea groups is 1. The van der Waals surface area contributed by atoms with Gasteiger partial charge < -0.3 is 15.2 Å². The van der Waals surface area contributed by atoms with Crippen molar-refractivity contribution in [2.45, 2.75) is 26.8 Å². The van der Waals surface area contributed by atoms with Crippen molar-refractivity contribution in [1.82, 2.24) is 10.5 Å². The molecule has 0 aliphatic carbocycles. The minimum Gasteiger partial charge on any atom is -0.359 e. The molecule has 2 N–H and O–H groups in total. The van der Waals surface area contributed by atoms with Crippen LogP contribution in [0.3, 0.4) is 0 Å². The van der Waals surface area contributed by atoms with Gasteiger partial charge in [-0.1, -0.05) is 5.16 Å². The maximum absolute atomic E-state index is 11.2. The largest absolute Gasteiger partial charge is 0.359 e. The monoisotopic (exact) mass is 183 g/mol. The molecule has 0 aromatic carbocycles. The van der Waals surface area contributed by atoms with Gasteiger partial charge in [0, 0.05) is 6.04 Å². The molecular formula is C8H13N3O2. The molecule has 0 aliphatic rings. The van der Waals surface area contributed by atoms with Crippen LogP contribution in [0.2, 0.25) is 0 Å². The van der Waals surface area contributed by atoms with Gasteiger partial charge in [-0.2, -0.15) is 0 Å². The molecule has 5 heteroatoms. The van der Waals surface area contributed by atoms with Gasteiger partial charge in [0.2, 0.25) is 0 Å². The Hall–Kier alpha value is -1.52. The van der Waals surface area contributed by atoms with E-state index in [0.29, 0.717) is 11.4 Å². The molecule has 1 rings (SSSR count). The molecule has 5 nitrogen and oxygen atoms in total. The first-order chi connectivity index (χ1) is 6.09. The highest BCUT2D eigenvalue weighted by Gasteiger charge is 2.07. The SMILES string of the molecule is Cc1oncc1NC(=O)NC(C)C. The first-order valence-electron chi connectivity index (χ1n) is 4.08. The molecule has 1 aromatic rings. The van der Waals surface area contributed by atoms with E-state index in [2.05, 4.69) is 15.8 Å². The maximum Gasteiger partial charge on any atom is 0.319 e. The fourth-order valence-corrected chi connectivity index (χ4v) is 0.839. The van der Waals surface area contributed by atoms with Gasteiger partial charge in [0.1, 0.15) is 5.69 Å². The van der Waals surface area contributed by atoms with Crippen LogP contribution >= 0.6 is 0 Å². The first-order valence-corrected chi connectivity index (χ1v) is 4.08. The smallest absolute Gasteiger partial charge is 0.319 e. The standard InChI is InChI=1S/C8H13N3O2/c1-5(2)10-8(12)11-7-4-9-13-6(7)3/h4-5H,1-3H3,(H2,10,11,12). The summed E-state index contributed by atoms with van der Waals surface area (Å²) in [5.41, 5.74) is 0.596. The number of hydrogen-bond acceptors (Lipinski definition) is 3. The number of carbonyl (C=O) groups is 1. The van der Waals surface area contributed by atoms with Crippen molar-refractivity contribution in [1.29, 1.82) is 0 Å². The molecule has 0 aliphatic heterocycles. The lowest BCUT2D eigenvalue weighted by Gasteiger charge is -2.08. The number of aryl methyl sites for hydroxylation is 1. The normalized spacial score (nSPS) is 10.2. The van der Waals surface area contributed by atoms with E-state index < -0.39 is 0 Å². The van der Waals surface area contributed by atoms with Crippen LogP contribution in [-0.2, 0) is 0 Å². The lowest BCUT2D eigenvalue weighted by atomic mass is 10.4. The quantitative estimate of drug-likeness (QED) is 0.730. The molecule has 0 spiro atoms. The summed E-state index contributed by atoms with van der Waals surface area (Å²) in [4.78, 5) is 11.2. The number of nitrogens with one attached hydrogen (secondary N) is 2. The van der Waals surface area contributed by atoms with Crippen LogP contribution < -0.4 is 10.6 Å². The highest BCUT2D eigenvalue weighted by Crippen LogP contribution is 2.11. The summed E-state index contributed by atoms with van der Waals surface area (Å²) in [6.45, 7) is 5.51. The topological polar surface area (TPSA) is 67.2 Å². The van der Waals surface area contributed by atoms with E-state index in [0.717, 1.165) is 0 Å². The number of carbonyl (C=O) groups excluding carboxylic acids is 1. The molecule has 2 amide bonds. The number of amides is 2. The molecular weight excluding hydrogens is 170 g/mol. The van der Waals surface area contributed by atoms with Crippen LogP contribution in [0.15, 0.2) is 10.7 Å². The van der Waals surface area contributed by atoms with Crippen LogP contribution in [0, 0.1) is 6.92 Å². The summed E-state index contributed by atoms with van der Waals surface area (Å²) < 4.78 is 4.78. The zero-order chi connectivity index (χ0) is 9.84. The van der Waals surface area contributed by atoms with Crippen LogP contribution in [0.5, 0.6) is 0 Å². The van der Waals surface area contributed by atoms with Crippen molar-refractivity contribution >= 4 is 11.7 Å². The Bertz CT molecular complexity index is 293. The Morgan fingerprint density at radius 2 is 2.31 bits per heavy atom. The second-order valence-electron chi connectivity index (χ2n) is 3.05. The van der Waals surface area contributed by atoms with Gasteiger partial charge in [0.15, 0.2) is 5.76 Å². The van der Waals surface area contributed by atoms with E-state index in [-0.39, 0.29) is 12.1 Å². The number of hydrogen-bond donors (Lipinski definition) is 2. The van der Waals surface area contributed by atoms with Crippen molar-refractivity contribution in [3.63, 3.8) is 0 Å². The van der Waals surface area contributed by atoms with Gasteiger partial charge in [-0.25, -0.2) is 4.79 Å². The third-order valence-electron chi connectivity index (χ3n) is 1.42. The molecule has 1 aromatic heterocycles. The molecule has 0 fully saturated rings. The fourth-order valence-electron chi connectivity index (χ4n) is 0.839. The zero-order valence-corrected chi connectivity index (χ0v) is 7.92. The number of anilines is 1. The summed E-state index contributed by atoms with van der Waals surface area (Å²) in [7, 11) is 0. The second kappa shape index (κ2) is 3.93. The van der Waals surface area contributed by atoms with Crippen LogP contribution in [-0.4, -0.2) is 17.2 Å².